The van der Waals surface area contributed by atoms with E-state index in [9.17, 15) is 0 Å². The molecule has 1 aromatic rings. The summed E-state index contributed by atoms with van der Waals surface area (Å²) in [6.07, 6.45) is 5.31. The topological polar surface area (TPSA) is 21.3 Å². The smallest absolute Gasteiger partial charge is 0.124 e. The van der Waals surface area contributed by atoms with Crippen LogP contribution in [-0.4, -0.2) is 13.2 Å². The number of benzene rings is 1. The Labute approximate surface area is 115 Å². The summed E-state index contributed by atoms with van der Waals surface area (Å²) in [5, 5.41) is 4.42. The van der Waals surface area contributed by atoms with E-state index in [2.05, 4.69) is 12.2 Å². The lowest BCUT2D eigenvalue weighted by Crippen LogP contribution is -2.36. The molecule has 2 rings (SSSR count). The first-order valence-corrected chi connectivity index (χ1v) is 7.15. The highest BCUT2D eigenvalue weighted by atomic mass is 35.5. The van der Waals surface area contributed by atoms with Crippen molar-refractivity contribution in [3.05, 3.63) is 28.8 Å². The molecule has 1 N–H and O–H groups in total. The minimum atomic E-state index is 0.611. The van der Waals surface area contributed by atoms with Crippen LogP contribution in [0.1, 0.15) is 38.2 Å². The van der Waals surface area contributed by atoms with Crippen LogP contribution in [0.15, 0.2) is 18.2 Å². The summed E-state index contributed by atoms with van der Waals surface area (Å²) in [6.45, 7) is 3.12. The van der Waals surface area contributed by atoms with Crippen molar-refractivity contribution in [2.24, 2.45) is 5.92 Å². The van der Waals surface area contributed by atoms with Crippen molar-refractivity contribution in [2.45, 2.75) is 45.2 Å². The molecule has 1 aliphatic carbocycles. The molecule has 2 atom stereocenters. The molecule has 100 valence electrons. The van der Waals surface area contributed by atoms with E-state index < -0.39 is 0 Å². The van der Waals surface area contributed by atoms with E-state index in [1.54, 1.807) is 7.11 Å². The molecule has 0 amide bonds. The van der Waals surface area contributed by atoms with Crippen molar-refractivity contribution in [3.8, 4) is 5.75 Å². The molecule has 1 aliphatic rings. The summed E-state index contributed by atoms with van der Waals surface area (Å²) < 4.78 is 5.37. The second kappa shape index (κ2) is 6.44. The van der Waals surface area contributed by atoms with Gasteiger partial charge in [-0.3, -0.25) is 0 Å². The second-order valence-corrected chi connectivity index (χ2v) is 5.58. The molecule has 0 spiro atoms. The third kappa shape index (κ3) is 3.18. The minimum Gasteiger partial charge on any atom is -0.496 e. The van der Waals surface area contributed by atoms with Crippen LogP contribution in [0, 0.1) is 5.92 Å². The third-order valence-electron chi connectivity index (χ3n) is 3.95. The Kier molecular flexibility index (Phi) is 4.90. The van der Waals surface area contributed by atoms with Crippen LogP contribution < -0.4 is 10.1 Å². The Bertz CT molecular complexity index is 394. The molecule has 1 saturated carbocycles. The van der Waals surface area contributed by atoms with Crippen LogP contribution in [0.3, 0.4) is 0 Å². The molecule has 0 saturated heterocycles. The third-order valence-corrected chi connectivity index (χ3v) is 4.30. The summed E-state index contributed by atoms with van der Waals surface area (Å²) in [6, 6.07) is 6.42. The SMILES string of the molecule is COc1cccc(Cl)c1CNC1CCCCC1C. The molecule has 2 nitrogen and oxygen atoms in total. The Hall–Kier alpha value is -0.730. The highest BCUT2D eigenvalue weighted by Crippen LogP contribution is 2.28. The Morgan fingerprint density at radius 2 is 2.11 bits per heavy atom. The Morgan fingerprint density at radius 3 is 2.83 bits per heavy atom. The van der Waals surface area contributed by atoms with E-state index >= 15 is 0 Å². The fourth-order valence-electron chi connectivity index (χ4n) is 2.75. The van der Waals surface area contributed by atoms with Gasteiger partial charge in [0.2, 0.25) is 0 Å². The fourth-order valence-corrected chi connectivity index (χ4v) is 2.99. The molecule has 3 heteroatoms. The number of hydrogen-bond donors (Lipinski definition) is 1. The van der Waals surface area contributed by atoms with E-state index in [4.69, 9.17) is 16.3 Å². The standard InChI is InChI=1S/C15H22ClNO/c1-11-6-3-4-8-14(11)17-10-12-13(16)7-5-9-15(12)18-2/h5,7,9,11,14,17H,3-4,6,8,10H2,1-2H3. The number of methoxy groups -OCH3 is 1. The van der Waals surface area contributed by atoms with Gasteiger partial charge in [0, 0.05) is 23.2 Å². The van der Waals surface area contributed by atoms with E-state index in [0.717, 1.165) is 28.8 Å². The van der Waals surface area contributed by atoms with Crippen LogP contribution in [0.25, 0.3) is 0 Å². The van der Waals surface area contributed by atoms with Crippen LogP contribution in [0.5, 0.6) is 5.75 Å². The van der Waals surface area contributed by atoms with Crippen LogP contribution in [-0.2, 0) is 6.54 Å². The lowest BCUT2D eigenvalue weighted by atomic mass is 9.86. The van der Waals surface area contributed by atoms with Gasteiger partial charge in [0.25, 0.3) is 0 Å². The molecule has 0 aliphatic heterocycles. The molecule has 1 aromatic carbocycles. The summed E-state index contributed by atoms with van der Waals surface area (Å²) in [5.41, 5.74) is 1.07. The molecule has 0 bridgehead atoms. The molecule has 0 heterocycles. The fraction of sp³-hybridized carbons (Fsp3) is 0.600. The molecule has 18 heavy (non-hydrogen) atoms. The molecule has 0 radical (unpaired) electrons. The average molecular weight is 268 g/mol. The van der Waals surface area contributed by atoms with E-state index in [-0.39, 0.29) is 0 Å². The first-order valence-electron chi connectivity index (χ1n) is 6.77. The number of nitrogens with one attached hydrogen (secondary N) is 1. The van der Waals surface area contributed by atoms with Gasteiger partial charge >= 0.3 is 0 Å². The number of rotatable bonds is 4. The molecule has 2 unspecified atom stereocenters. The lowest BCUT2D eigenvalue weighted by molar-refractivity contribution is 0.278. The molecular weight excluding hydrogens is 246 g/mol. The van der Waals surface area contributed by atoms with E-state index in [1.165, 1.54) is 25.7 Å². The monoisotopic (exact) mass is 267 g/mol. The van der Waals surface area contributed by atoms with Gasteiger partial charge in [0.1, 0.15) is 5.75 Å². The van der Waals surface area contributed by atoms with Crippen LogP contribution in [0.4, 0.5) is 0 Å². The zero-order chi connectivity index (χ0) is 13.0. The van der Waals surface area contributed by atoms with Crippen molar-refractivity contribution in [3.63, 3.8) is 0 Å². The van der Waals surface area contributed by atoms with Crippen molar-refractivity contribution < 1.29 is 4.74 Å². The summed E-state index contributed by atoms with van der Waals surface area (Å²) in [5.74, 6) is 1.63. The summed E-state index contributed by atoms with van der Waals surface area (Å²) >= 11 is 6.24. The van der Waals surface area contributed by atoms with Gasteiger partial charge in [-0.2, -0.15) is 0 Å². The zero-order valence-corrected chi connectivity index (χ0v) is 12.0. The van der Waals surface area contributed by atoms with Gasteiger partial charge in [-0.25, -0.2) is 0 Å². The minimum absolute atomic E-state index is 0.611. The first-order chi connectivity index (χ1) is 8.72. The van der Waals surface area contributed by atoms with Crippen molar-refractivity contribution >= 4 is 11.6 Å². The van der Waals surface area contributed by atoms with E-state index in [0.29, 0.717) is 6.04 Å². The quantitative estimate of drug-likeness (QED) is 0.890. The number of halogens is 1. The van der Waals surface area contributed by atoms with Crippen molar-refractivity contribution in [1.82, 2.24) is 5.32 Å². The van der Waals surface area contributed by atoms with Crippen LogP contribution in [0.2, 0.25) is 5.02 Å². The van der Waals surface area contributed by atoms with Gasteiger partial charge in [0.15, 0.2) is 0 Å². The van der Waals surface area contributed by atoms with Crippen molar-refractivity contribution in [1.29, 1.82) is 0 Å². The van der Waals surface area contributed by atoms with E-state index in [1.807, 2.05) is 18.2 Å². The van der Waals surface area contributed by atoms with Gasteiger partial charge in [-0.05, 0) is 30.9 Å². The highest BCUT2D eigenvalue weighted by molar-refractivity contribution is 6.31. The van der Waals surface area contributed by atoms with Gasteiger partial charge in [0.05, 0.1) is 7.11 Å². The lowest BCUT2D eigenvalue weighted by Gasteiger charge is -2.30. The predicted molar refractivity (Wildman–Crippen MR) is 76.3 cm³/mol. The maximum atomic E-state index is 6.24. The number of hydrogen-bond acceptors (Lipinski definition) is 2. The maximum Gasteiger partial charge on any atom is 0.124 e. The number of ether oxygens (including phenoxy) is 1. The second-order valence-electron chi connectivity index (χ2n) is 5.17. The summed E-state index contributed by atoms with van der Waals surface area (Å²) in [7, 11) is 1.69. The maximum absolute atomic E-state index is 6.24. The van der Waals surface area contributed by atoms with Crippen molar-refractivity contribution in [2.75, 3.05) is 7.11 Å². The molecule has 0 aromatic heterocycles. The van der Waals surface area contributed by atoms with Crippen LogP contribution >= 0.6 is 11.6 Å². The molecule has 1 fully saturated rings. The highest BCUT2D eigenvalue weighted by Gasteiger charge is 2.21. The Balaban J connectivity index is 2.01. The average Bonchev–Trinajstić information content (AvgIpc) is 2.39. The largest absolute Gasteiger partial charge is 0.496 e. The van der Waals surface area contributed by atoms with Gasteiger partial charge in [-0.1, -0.05) is 37.4 Å². The summed E-state index contributed by atoms with van der Waals surface area (Å²) in [4.78, 5) is 0. The van der Waals surface area contributed by atoms with Gasteiger partial charge < -0.3 is 10.1 Å². The Morgan fingerprint density at radius 1 is 1.33 bits per heavy atom. The van der Waals surface area contributed by atoms with Gasteiger partial charge in [-0.15, -0.1) is 0 Å². The first kappa shape index (κ1) is 13.7. The zero-order valence-electron chi connectivity index (χ0n) is 11.2. The predicted octanol–water partition coefficient (Wildman–Crippen LogP) is 4.02. The normalized spacial score (nSPS) is 23.9. The molecular formula is C15H22ClNO.